The first-order valence-electron chi connectivity index (χ1n) is 3.16. The SMILES string of the molecule is O=S(=O)(O)C(O)c1cncc(Br)c1. The van der Waals surface area contributed by atoms with E-state index in [4.69, 9.17) is 9.66 Å². The highest BCUT2D eigenvalue weighted by Crippen LogP contribution is 2.20. The fraction of sp³-hybridized carbons (Fsp3) is 0.167. The summed E-state index contributed by atoms with van der Waals surface area (Å²) in [5.74, 6) is 0. The molecule has 0 amide bonds. The van der Waals surface area contributed by atoms with Crippen molar-refractivity contribution in [3.8, 4) is 0 Å². The number of rotatable bonds is 2. The first kappa shape index (κ1) is 10.6. The van der Waals surface area contributed by atoms with E-state index in [9.17, 15) is 8.42 Å². The number of aliphatic hydroxyl groups excluding tert-OH is 1. The third-order valence-electron chi connectivity index (χ3n) is 1.29. The summed E-state index contributed by atoms with van der Waals surface area (Å²) < 4.78 is 30.0. The summed E-state index contributed by atoms with van der Waals surface area (Å²) in [7, 11) is -4.48. The second kappa shape index (κ2) is 3.70. The molecule has 0 fully saturated rings. The summed E-state index contributed by atoms with van der Waals surface area (Å²) in [6.45, 7) is 0. The fourth-order valence-electron chi connectivity index (χ4n) is 0.735. The quantitative estimate of drug-likeness (QED) is 0.772. The Morgan fingerprint density at radius 3 is 2.54 bits per heavy atom. The molecule has 1 heterocycles. The highest BCUT2D eigenvalue weighted by atomic mass is 79.9. The Morgan fingerprint density at radius 1 is 1.46 bits per heavy atom. The molecule has 0 radical (unpaired) electrons. The summed E-state index contributed by atoms with van der Waals surface area (Å²) in [6, 6.07) is 1.35. The van der Waals surface area contributed by atoms with Crippen LogP contribution in [0.15, 0.2) is 22.9 Å². The lowest BCUT2D eigenvalue weighted by molar-refractivity contribution is 0.238. The third kappa shape index (κ3) is 2.73. The highest BCUT2D eigenvalue weighted by molar-refractivity contribution is 9.10. The maximum Gasteiger partial charge on any atom is 0.296 e. The van der Waals surface area contributed by atoms with Crippen molar-refractivity contribution in [1.29, 1.82) is 0 Å². The number of aliphatic hydroxyl groups is 1. The second-order valence-corrected chi connectivity index (χ2v) is 4.70. The Labute approximate surface area is 83.3 Å². The van der Waals surface area contributed by atoms with E-state index in [1.54, 1.807) is 0 Å². The van der Waals surface area contributed by atoms with Gasteiger partial charge in [0.05, 0.1) is 0 Å². The number of pyridine rings is 1. The molecule has 1 unspecified atom stereocenters. The predicted molar refractivity (Wildman–Crippen MR) is 48.4 cm³/mol. The van der Waals surface area contributed by atoms with Gasteiger partial charge in [0, 0.05) is 22.4 Å². The van der Waals surface area contributed by atoms with Crippen LogP contribution in [0.3, 0.4) is 0 Å². The molecular weight excluding hydrogens is 262 g/mol. The van der Waals surface area contributed by atoms with Crippen LogP contribution in [0.25, 0.3) is 0 Å². The first-order valence-corrected chi connectivity index (χ1v) is 5.45. The summed E-state index contributed by atoms with van der Waals surface area (Å²) in [6.07, 6.45) is 2.59. The van der Waals surface area contributed by atoms with E-state index in [0.717, 1.165) is 6.20 Å². The Balaban J connectivity index is 3.10. The molecule has 0 bridgehead atoms. The van der Waals surface area contributed by atoms with Gasteiger partial charge in [0.25, 0.3) is 10.1 Å². The van der Waals surface area contributed by atoms with E-state index in [1.165, 1.54) is 12.3 Å². The minimum atomic E-state index is -4.48. The van der Waals surface area contributed by atoms with Crippen molar-refractivity contribution in [2.45, 2.75) is 5.44 Å². The maximum atomic E-state index is 10.5. The second-order valence-electron chi connectivity index (χ2n) is 2.30. The molecule has 1 rings (SSSR count). The Bertz CT molecular complexity index is 405. The summed E-state index contributed by atoms with van der Waals surface area (Å²) in [5, 5.41) is 9.08. The van der Waals surface area contributed by atoms with Gasteiger partial charge in [-0.2, -0.15) is 8.42 Å². The van der Waals surface area contributed by atoms with Crippen LogP contribution < -0.4 is 0 Å². The lowest BCUT2D eigenvalue weighted by Gasteiger charge is -2.06. The molecule has 0 spiro atoms. The van der Waals surface area contributed by atoms with Crippen LogP contribution in [-0.2, 0) is 10.1 Å². The van der Waals surface area contributed by atoms with Gasteiger partial charge in [-0.3, -0.25) is 9.54 Å². The van der Waals surface area contributed by atoms with Gasteiger partial charge in [-0.15, -0.1) is 0 Å². The fourth-order valence-corrected chi connectivity index (χ4v) is 1.59. The molecular formula is C6H6BrNO4S. The zero-order chi connectivity index (χ0) is 10.1. The van der Waals surface area contributed by atoms with Crippen LogP contribution in [0.1, 0.15) is 11.0 Å². The van der Waals surface area contributed by atoms with Crippen molar-refractivity contribution in [1.82, 2.24) is 4.98 Å². The van der Waals surface area contributed by atoms with Crippen molar-refractivity contribution in [2.75, 3.05) is 0 Å². The number of aromatic nitrogens is 1. The van der Waals surface area contributed by atoms with E-state index in [-0.39, 0.29) is 5.56 Å². The Morgan fingerprint density at radius 2 is 2.08 bits per heavy atom. The molecule has 1 atom stereocenters. The number of hydrogen-bond donors (Lipinski definition) is 2. The summed E-state index contributed by atoms with van der Waals surface area (Å²) in [5.41, 5.74) is -1.94. The zero-order valence-electron chi connectivity index (χ0n) is 6.25. The Hall–Kier alpha value is -0.500. The lowest BCUT2D eigenvalue weighted by atomic mass is 10.3. The van der Waals surface area contributed by atoms with E-state index in [2.05, 4.69) is 20.9 Å². The Kier molecular flexibility index (Phi) is 3.01. The van der Waals surface area contributed by atoms with Crippen LogP contribution in [0.4, 0.5) is 0 Å². The van der Waals surface area contributed by atoms with Crippen molar-refractivity contribution < 1.29 is 18.1 Å². The molecule has 0 aromatic carbocycles. The molecule has 72 valence electrons. The van der Waals surface area contributed by atoms with Crippen LogP contribution >= 0.6 is 15.9 Å². The van der Waals surface area contributed by atoms with E-state index in [0.29, 0.717) is 4.47 Å². The molecule has 5 nitrogen and oxygen atoms in total. The largest absolute Gasteiger partial charge is 0.371 e. The standard InChI is InChI=1S/C6H6BrNO4S/c7-5-1-4(2-8-3-5)6(9)13(10,11)12/h1-3,6,9H,(H,10,11,12). The van der Waals surface area contributed by atoms with E-state index >= 15 is 0 Å². The van der Waals surface area contributed by atoms with Crippen LogP contribution in [0, 0.1) is 0 Å². The summed E-state index contributed by atoms with van der Waals surface area (Å²) in [4.78, 5) is 3.64. The van der Waals surface area contributed by atoms with Gasteiger partial charge in [-0.25, -0.2) is 0 Å². The van der Waals surface area contributed by atoms with E-state index < -0.39 is 15.6 Å². The van der Waals surface area contributed by atoms with Crippen LogP contribution in [-0.4, -0.2) is 23.1 Å². The lowest BCUT2D eigenvalue weighted by Crippen LogP contribution is -2.11. The van der Waals surface area contributed by atoms with Gasteiger partial charge in [-0.05, 0) is 22.0 Å². The minimum absolute atomic E-state index is 0.0110. The first-order chi connectivity index (χ1) is 5.91. The molecule has 0 aliphatic carbocycles. The number of halogens is 1. The van der Waals surface area contributed by atoms with Gasteiger partial charge in [0.2, 0.25) is 5.44 Å². The molecule has 0 aliphatic rings. The van der Waals surface area contributed by atoms with Crippen molar-refractivity contribution in [2.24, 2.45) is 0 Å². The summed E-state index contributed by atoms with van der Waals surface area (Å²) >= 11 is 3.05. The molecule has 0 saturated carbocycles. The molecule has 1 aromatic rings. The maximum absolute atomic E-state index is 10.5. The third-order valence-corrected chi connectivity index (χ3v) is 2.56. The van der Waals surface area contributed by atoms with Crippen molar-refractivity contribution >= 4 is 26.0 Å². The monoisotopic (exact) mass is 267 g/mol. The molecule has 1 aromatic heterocycles. The highest BCUT2D eigenvalue weighted by Gasteiger charge is 2.21. The van der Waals surface area contributed by atoms with Gasteiger partial charge < -0.3 is 5.11 Å². The molecule has 0 saturated heterocycles. The zero-order valence-corrected chi connectivity index (χ0v) is 8.66. The normalized spacial score (nSPS) is 14.1. The van der Waals surface area contributed by atoms with Gasteiger partial charge in [0.15, 0.2) is 0 Å². The van der Waals surface area contributed by atoms with Crippen molar-refractivity contribution in [3.63, 3.8) is 0 Å². The predicted octanol–water partition coefficient (Wildman–Crippen LogP) is 0.723. The smallest absolute Gasteiger partial charge is 0.296 e. The average molecular weight is 268 g/mol. The average Bonchev–Trinajstić information content (AvgIpc) is 2.01. The van der Waals surface area contributed by atoms with Gasteiger partial charge >= 0.3 is 0 Å². The van der Waals surface area contributed by atoms with Crippen molar-refractivity contribution in [3.05, 3.63) is 28.5 Å². The molecule has 0 aliphatic heterocycles. The van der Waals surface area contributed by atoms with E-state index in [1.807, 2.05) is 0 Å². The van der Waals surface area contributed by atoms with Crippen LogP contribution in [0.2, 0.25) is 0 Å². The van der Waals surface area contributed by atoms with Gasteiger partial charge in [-0.1, -0.05) is 0 Å². The number of hydrogen-bond acceptors (Lipinski definition) is 4. The number of nitrogens with zero attached hydrogens (tertiary/aromatic N) is 1. The molecule has 13 heavy (non-hydrogen) atoms. The minimum Gasteiger partial charge on any atom is -0.371 e. The molecule has 7 heteroatoms. The topological polar surface area (TPSA) is 87.5 Å². The van der Waals surface area contributed by atoms with Gasteiger partial charge in [0.1, 0.15) is 0 Å². The molecule has 2 N–H and O–H groups in total. The van der Waals surface area contributed by atoms with Crippen LogP contribution in [0.5, 0.6) is 0 Å².